The van der Waals surface area contributed by atoms with E-state index in [1.54, 1.807) is 0 Å². The van der Waals surface area contributed by atoms with Crippen LogP contribution in [0.15, 0.2) is 70.9 Å². The van der Waals surface area contributed by atoms with Gasteiger partial charge in [0.05, 0.1) is 40.1 Å². The van der Waals surface area contributed by atoms with Crippen LogP contribution in [0.5, 0.6) is 0 Å². The summed E-state index contributed by atoms with van der Waals surface area (Å²) >= 11 is 0. The number of nitriles is 2. The zero-order valence-electron chi connectivity index (χ0n) is 23.6. The van der Waals surface area contributed by atoms with Crippen molar-refractivity contribution in [3.05, 3.63) is 82.2 Å². The summed E-state index contributed by atoms with van der Waals surface area (Å²) in [6.45, 7) is 2.73. The van der Waals surface area contributed by atoms with Gasteiger partial charge in [-0.1, -0.05) is 36.4 Å². The number of ether oxygens (including phenoxy) is 1. The first-order valence-corrected chi connectivity index (χ1v) is 14.4. The Kier molecular flexibility index (Phi) is 4.95. The van der Waals surface area contributed by atoms with Crippen molar-refractivity contribution in [2.45, 2.75) is 18.4 Å². The maximum atomic E-state index is 10.7. The molecule has 42 heavy (non-hydrogen) atoms. The molecule has 2 aromatic carbocycles. The number of nitrogens with two attached hydrogens (primary N) is 1. The molecule has 8 rings (SSSR count). The van der Waals surface area contributed by atoms with Crippen LogP contribution < -0.4 is 5.73 Å². The molecule has 2 saturated heterocycles. The number of fused-ring (bicyclic) bond motifs is 8. The second-order valence-corrected chi connectivity index (χ2v) is 12.4. The number of aromatic nitrogens is 2. The van der Waals surface area contributed by atoms with E-state index in [1.165, 1.54) is 0 Å². The Balaban J connectivity index is 1.48. The van der Waals surface area contributed by atoms with E-state index in [1.807, 2.05) is 36.4 Å². The number of piperidine rings is 1. The number of allylic oxidation sites excluding steroid dienone is 1. The summed E-state index contributed by atoms with van der Waals surface area (Å²) in [5, 5.41) is 30.9. The second kappa shape index (κ2) is 8.25. The molecule has 9 nitrogen and oxygen atoms in total. The van der Waals surface area contributed by atoms with E-state index in [0.29, 0.717) is 37.2 Å². The highest BCUT2D eigenvalue weighted by atomic mass is 16.5. The Morgan fingerprint density at radius 2 is 1.64 bits per heavy atom. The maximum absolute atomic E-state index is 10.7. The summed E-state index contributed by atoms with van der Waals surface area (Å²) in [6, 6.07) is 20.7. The highest BCUT2D eigenvalue weighted by molar-refractivity contribution is 6.01. The Morgan fingerprint density at radius 3 is 2.36 bits per heavy atom. The highest BCUT2D eigenvalue weighted by Gasteiger charge is 2.67. The van der Waals surface area contributed by atoms with Crippen molar-refractivity contribution in [2.75, 3.05) is 40.3 Å². The van der Waals surface area contributed by atoms with Gasteiger partial charge in [-0.3, -0.25) is 5.41 Å². The molecule has 3 aromatic rings. The molecule has 4 heterocycles. The monoisotopic (exact) mass is 554 g/mol. The minimum atomic E-state index is -1.59. The molecule has 2 spiro atoms. The van der Waals surface area contributed by atoms with E-state index in [9.17, 15) is 15.9 Å². The Bertz CT molecular complexity index is 1870. The minimum absolute atomic E-state index is 0.115. The minimum Gasteiger partial charge on any atom is -0.459 e. The predicted octanol–water partition coefficient (Wildman–Crippen LogP) is 3.69. The topological polar surface area (TPSA) is 139 Å². The second-order valence-electron chi connectivity index (χ2n) is 12.4. The van der Waals surface area contributed by atoms with Crippen molar-refractivity contribution < 1.29 is 4.74 Å². The molecule has 2 atom stereocenters. The van der Waals surface area contributed by atoms with Crippen molar-refractivity contribution in [1.29, 1.82) is 15.9 Å². The van der Waals surface area contributed by atoms with Gasteiger partial charge < -0.3 is 20.3 Å². The van der Waals surface area contributed by atoms with Gasteiger partial charge in [0.15, 0.2) is 11.0 Å². The molecule has 208 valence electrons. The standard InChI is InChI=1S/C33H30N8O/c1-40-13-11-31(12-14-40)21-15-41(2)16-22-25(21)26(28(36)32(31,17-34)18-35)30(37)42-33(22)20-8-4-3-7-19(20)27-29(33)39-24-10-6-5-9-23(24)38-27/h3-10,22,37H,11-16,36H2,1-2H3/t22-,33+/m0/s1. The van der Waals surface area contributed by atoms with Gasteiger partial charge in [-0.2, -0.15) is 10.5 Å². The van der Waals surface area contributed by atoms with Crippen molar-refractivity contribution in [3.8, 4) is 23.4 Å². The van der Waals surface area contributed by atoms with E-state index >= 15 is 0 Å². The van der Waals surface area contributed by atoms with Crippen molar-refractivity contribution in [1.82, 2.24) is 19.8 Å². The van der Waals surface area contributed by atoms with Crippen LogP contribution in [-0.4, -0.2) is 65.9 Å². The van der Waals surface area contributed by atoms with Crippen LogP contribution in [0, 0.1) is 44.8 Å². The van der Waals surface area contributed by atoms with Crippen LogP contribution in [0.2, 0.25) is 0 Å². The van der Waals surface area contributed by atoms with Crippen molar-refractivity contribution >= 4 is 16.9 Å². The largest absolute Gasteiger partial charge is 0.459 e. The Morgan fingerprint density at radius 1 is 0.976 bits per heavy atom. The molecule has 0 saturated carbocycles. The normalized spacial score (nSPS) is 27.3. The lowest BCUT2D eigenvalue weighted by Crippen LogP contribution is -2.61. The lowest BCUT2D eigenvalue weighted by molar-refractivity contribution is 0.00462. The number of hydrogen-bond acceptors (Lipinski definition) is 9. The number of likely N-dealkylation sites (tertiary alicyclic amines) is 1. The molecular formula is C33H30N8O. The predicted molar refractivity (Wildman–Crippen MR) is 157 cm³/mol. The quantitative estimate of drug-likeness (QED) is 0.429. The van der Waals surface area contributed by atoms with Gasteiger partial charge in [0, 0.05) is 35.5 Å². The SMILES string of the molecule is CN1CCC2(CC1)C1=C3C(=C(N)C2(C#N)C#N)C(=N)O[C@]2(c4ccccc4-c4nc5ccccc5nc42)[C@H]3CN(C)C1. The molecule has 0 amide bonds. The number of nitrogens with zero attached hydrogens (tertiary/aromatic N) is 6. The molecule has 0 bridgehead atoms. The average Bonchev–Trinajstić information content (AvgIpc) is 3.26. The van der Waals surface area contributed by atoms with Gasteiger partial charge >= 0.3 is 0 Å². The van der Waals surface area contributed by atoms with Gasteiger partial charge in [-0.25, -0.2) is 9.97 Å². The number of para-hydroxylation sites is 2. The zero-order valence-corrected chi connectivity index (χ0v) is 23.6. The first-order valence-electron chi connectivity index (χ1n) is 14.4. The fourth-order valence-electron chi connectivity index (χ4n) is 8.52. The smallest absolute Gasteiger partial charge is 0.216 e. The summed E-state index contributed by atoms with van der Waals surface area (Å²) < 4.78 is 6.84. The van der Waals surface area contributed by atoms with E-state index in [4.69, 9.17) is 20.4 Å². The third-order valence-corrected chi connectivity index (χ3v) is 10.5. The summed E-state index contributed by atoms with van der Waals surface area (Å²) in [7, 11) is 4.15. The fourth-order valence-corrected chi connectivity index (χ4v) is 8.52. The van der Waals surface area contributed by atoms with Gasteiger partial charge in [0.25, 0.3) is 0 Å². The van der Waals surface area contributed by atoms with Crippen LogP contribution in [0.1, 0.15) is 24.1 Å². The number of benzene rings is 2. The number of hydrogen-bond donors (Lipinski definition) is 2. The number of nitrogens with one attached hydrogen (secondary N) is 1. The van der Waals surface area contributed by atoms with Crippen molar-refractivity contribution in [2.24, 2.45) is 22.5 Å². The molecule has 3 N–H and O–H groups in total. The van der Waals surface area contributed by atoms with Gasteiger partial charge in [0.1, 0.15) is 5.69 Å². The summed E-state index contributed by atoms with van der Waals surface area (Å²) in [6.07, 6.45) is 1.27. The number of likely N-dealkylation sites (N-methyl/N-ethyl adjacent to an activating group) is 1. The Labute approximate surface area is 244 Å². The maximum Gasteiger partial charge on any atom is 0.216 e. The molecule has 3 aliphatic heterocycles. The van der Waals surface area contributed by atoms with E-state index in [2.05, 4.69) is 48.2 Å². The van der Waals surface area contributed by atoms with Crippen LogP contribution in [0.25, 0.3) is 22.3 Å². The molecule has 2 aliphatic carbocycles. The van der Waals surface area contributed by atoms with Crippen LogP contribution >= 0.6 is 0 Å². The summed E-state index contributed by atoms with van der Waals surface area (Å²) in [5.74, 6) is -0.394. The first kappa shape index (κ1) is 25.2. The molecule has 9 heteroatoms. The van der Waals surface area contributed by atoms with Crippen LogP contribution in [0.3, 0.4) is 0 Å². The van der Waals surface area contributed by atoms with E-state index in [0.717, 1.165) is 52.1 Å². The van der Waals surface area contributed by atoms with Gasteiger partial charge in [-0.15, -0.1) is 0 Å². The summed E-state index contributed by atoms with van der Waals surface area (Å²) in [5.41, 5.74) is 11.0. The van der Waals surface area contributed by atoms with Gasteiger partial charge in [-0.05, 0) is 63.3 Å². The van der Waals surface area contributed by atoms with Crippen LogP contribution in [-0.2, 0) is 10.3 Å². The third kappa shape index (κ3) is 2.76. The van der Waals surface area contributed by atoms with Gasteiger partial charge in [0.2, 0.25) is 5.90 Å². The molecular weight excluding hydrogens is 524 g/mol. The molecule has 0 unspecified atom stereocenters. The summed E-state index contributed by atoms with van der Waals surface area (Å²) in [4.78, 5) is 14.8. The zero-order chi connectivity index (χ0) is 29.0. The van der Waals surface area contributed by atoms with Crippen LogP contribution in [0.4, 0.5) is 0 Å². The molecule has 2 fully saturated rings. The first-order chi connectivity index (χ1) is 20.3. The van der Waals surface area contributed by atoms with Crippen molar-refractivity contribution in [3.63, 3.8) is 0 Å². The molecule has 5 aliphatic rings. The molecule has 1 aromatic heterocycles. The lowest BCUT2D eigenvalue weighted by atomic mass is 9.48. The Hall–Kier alpha value is -4.57. The van der Waals surface area contributed by atoms with E-state index < -0.39 is 16.4 Å². The highest BCUT2D eigenvalue weighted by Crippen LogP contribution is 2.66. The molecule has 0 radical (unpaired) electrons. The number of rotatable bonds is 0. The fraction of sp³-hybridized carbons (Fsp3) is 0.364. The van der Waals surface area contributed by atoms with E-state index in [-0.39, 0.29) is 17.5 Å². The lowest BCUT2D eigenvalue weighted by Gasteiger charge is -2.58. The third-order valence-electron chi connectivity index (χ3n) is 10.5. The average molecular weight is 555 g/mol.